The van der Waals surface area contributed by atoms with E-state index in [1.165, 1.54) is 19.2 Å². The topological polar surface area (TPSA) is 96.7 Å². The van der Waals surface area contributed by atoms with Gasteiger partial charge in [0, 0.05) is 12.4 Å². The molecular formula is C14H11NO5. The Hall–Kier alpha value is -2.89. The van der Waals surface area contributed by atoms with Crippen LogP contribution in [-0.4, -0.2) is 34.2 Å². The van der Waals surface area contributed by atoms with Gasteiger partial charge in [0.1, 0.15) is 16.9 Å². The van der Waals surface area contributed by atoms with Gasteiger partial charge < -0.3 is 14.9 Å². The first-order valence-electron chi connectivity index (χ1n) is 5.63. The fourth-order valence-corrected chi connectivity index (χ4v) is 1.88. The molecule has 0 atom stereocenters. The van der Waals surface area contributed by atoms with Gasteiger partial charge >= 0.3 is 11.9 Å². The number of methoxy groups -OCH3 is 1. The Morgan fingerprint density at radius 1 is 1.00 bits per heavy atom. The smallest absolute Gasteiger partial charge is 0.339 e. The third kappa shape index (κ3) is 2.44. The van der Waals surface area contributed by atoms with Crippen LogP contribution in [0.1, 0.15) is 20.7 Å². The lowest BCUT2D eigenvalue weighted by Gasteiger charge is -2.11. The van der Waals surface area contributed by atoms with Gasteiger partial charge in [0.05, 0.1) is 7.11 Å². The second kappa shape index (κ2) is 5.40. The lowest BCUT2D eigenvalue weighted by Crippen LogP contribution is -2.08. The summed E-state index contributed by atoms with van der Waals surface area (Å²) < 4.78 is 4.92. The zero-order chi connectivity index (χ0) is 14.7. The second-order valence-electron chi connectivity index (χ2n) is 3.95. The highest BCUT2D eigenvalue weighted by molar-refractivity contribution is 6.00. The van der Waals surface area contributed by atoms with Crippen LogP contribution < -0.4 is 4.74 Å². The molecule has 6 heteroatoms. The van der Waals surface area contributed by atoms with Gasteiger partial charge in [-0.1, -0.05) is 0 Å². The summed E-state index contributed by atoms with van der Waals surface area (Å²) in [6.07, 6.45) is 3.08. The zero-order valence-corrected chi connectivity index (χ0v) is 10.5. The van der Waals surface area contributed by atoms with Gasteiger partial charge in [0.25, 0.3) is 0 Å². The van der Waals surface area contributed by atoms with Crippen molar-refractivity contribution in [1.82, 2.24) is 4.98 Å². The number of carboxylic acids is 2. The molecule has 0 aliphatic heterocycles. The van der Waals surface area contributed by atoms with Crippen LogP contribution in [0.5, 0.6) is 5.75 Å². The van der Waals surface area contributed by atoms with Gasteiger partial charge in [0.2, 0.25) is 0 Å². The summed E-state index contributed by atoms with van der Waals surface area (Å²) in [5.41, 5.74) is 0.758. The van der Waals surface area contributed by atoms with E-state index < -0.39 is 11.9 Å². The molecule has 0 saturated carbocycles. The number of nitrogens with zero attached hydrogens (tertiary/aromatic N) is 1. The van der Waals surface area contributed by atoms with Crippen LogP contribution in [0.15, 0.2) is 36.7 Å². The van der Waals surface area contributed by atoms with Crippen LogP contribution in [0.2, 0.25) is 0 Å². The molecule has 102 valence electrons. The average molecular weight is 273 g/mol. The fraction of sp³-hybridized carbons (Fsp3) is 0.0714. The van der Waals surface area contributed by atoms with Crippen molar-refractivity contribution in [3.63, 3.8) is 0 Å². The van der Waals surface area contributed by atoms with E-state index >= 15 is 0 Å². The minimum Gasteiger partial charge on any atom is -0.495 e. The number of aromatic nitrogens is 1. The molecule has 2 N–H and O–H groups in total. The Kier molecular flexibility index (Phi) is 3.65. The summed E-state index contributed by atoms with van der Waals surface area (Å²) in [6.45, 7) is 0. The molecule has 1 aromatic carbocycles. The molecule has 0 radical (unpaired) electrons. The summed E-state index contributed by atoms with van der Waals surface area (Å²) in [6, 6.07) is 6.09. The average Bonchev–Trinajstić information content (AvgIpc) is 2.46. The first kappa shape index (κ1) is 13.5. The lowest BCUT2D eigenvalue weighted by atomic mass is 9.99. The third-order valence-electron chi connectivity index (χ3n) is 2.77. The largest absolute Gasteiger partial charge is 0.495 e. The van der Waals surface area contributed by atoms with Crippen LogP contribution in [0.3, 0.4) is 0 Å². The predicted molar refractivity (Wildman–Crippen MR) is 70.1 cm³/mol. The first-order valence-corrected chi connectivity index (χ1v) is 5.63. The summed E-state index contributed by atoms with van der Waals surface area (Å²) in [4.78, 5) is 26.4. The van der Waals surface area contributed by atoms with Crippen LogP contribution in [0.4, 0.5) is 0 Å². The predicted octanol–water partition coefficient (Wildman–Crippen LogP) is 2.15. The van der Waals surface area contributed by atoms with Gasteiger partial charge in [-0.25, -0.2) is 9.59 Å². The molecular weight excluding hydrogens is 262 g/mol. The van der Waals surface area contributed by atoms with Crippen molar-refractivity contribution in [2.24, 2.45) is 0 Å². The minimum atomic E-state index is -1.25. The monoisotopic (exact) mass is 273 g/mol. The highest BCUT2D eigenvalue weighted by atomic mass is 16.5. The summed E-state index contributed by atoms with van der Waals surface area (Å²) >= 11 is 0. The number of benzene rings is 1. The van der Waals surface area contributed by atoms with Gasteiger partial charge in [-0.05, 0) is 35.4 Å². The quantitative estimate of drug-likeness (QED) is 0.886. The van der Waals surface area contributed by atoms with E-state index in [1.54, 1.807) is 24.5 Å². The number of aromatic carboxylic acids is 2. The maximum atomic E-state index is 11.3. The van der Waals surface area contributed by atoms with Crippen LogP contribution in [0.25, 0.3) is 11.1 Å². The number of carboxylic acid groups (broad SMARTS) is 2. The normalized spacial score (nSPS) is 10.1. The Morgan fingerprint density at radius 2 is 1.50 bits per heavy atom. The Labute approximate surface area is 114 Å². The molecule has 1 heterocycles. The van der Waals surface area contributed by atoms with E-state index in [9.17, 15) is 19.8 Å². The van der Waals surface area contributed by atoms with E-state index in [0.717, 1.165) is 0 Å². The molecule has 2 rings (SSSR count). The van der Waals surface area contributed by atoms with Crippen molar-refractivity contribution in [3.05, 3.63) is 47.8 Å². The number of hydrogen-bond donors (Lipinski definition) is 2. The van der Waals surface area contributed by atoms with E-state index in [4.69, 9.17) is 4.74 Å². The van der Waals surface area contributed by atoms with Crippen molar-refractivity contribution in [3.8, 4) is 16.9 Å². The molecule has 0 aliphatic carbocycles. The lowest BCUT2D eigenvalue weighted by molar-refractivity contribution is 0.0691. The molecule has 0 spiro atoms. The third-order valence-corrected chi connectivity index (χ3v) is 2.77. The van der Waals surface area contributed by atoms with E-state index in [2.05, 4.69) is 4.98 Å². The molecule has 0 aliphatic rings. The first-order chi connectivity index (χ1) is 9.54. The van der Waals surface area contributed by atoms with Crippen LogP contribution in [-0.2, 0) is 0 Å². The molecule has 6 nitrogen and oxygen atoms in total. The SMILES string of the molecule is COc1c(C(=O)O)cc(-c2ccncc2)cc1C(=O)O. The second-order valence-corrected chi connectivity index (χ2v) is 3.95. The van der Waals surface area contributed by atoms with Gasteiger partial charge in [0.15, 0.2) is 0 Å². The van der Waals surface area contributed by atoms with E-state index in [-0.39, 0.29) is 16.9 Å². The Bertz CT molecular complexity index is 632. The molecule has 0 saturated heterocycles. The standard InChI is InChI=1S/C14H11NO5/c1-20-12-10(13(16)17)6-9(7-11(12)14(18)19)8-2-4-15-5-3-8/h2-7H,1H3,(H,16,17)(H,18,19). The minimum absolute atomic E-state index is 0.164. The Morgan fingerprint density at radius 3 is 1.90 bits per heavy atom. The maximum Gasteiger partial charge on any atom is 0.339 e. The van der Waals surface area contributed by atoms with Crippen molar-refractivity contribution < 1.29 is 24.5 Å². The van der Waals surface area contributed by atoms with Gasteiger partial charge in [-0.3, -0.25) is 4.98 Å². The van der Waals surface area contributed by atoms with Crippen molar-refractivity contribution in [2.45, 2.75) is 0 Å². The van der Waals surface area contributed by atoms with E-state index in [1.807, 2.05) is 0 Å². The summed E-state index contributed by atoms with van der Waals surface area (Å²) in [5.74, 6) is -2.66. The number of hydrogen-bond acceptors (Lipinski definition) is 4. The molecule has 0 unspecified atom stereocenters. The number of carbonyl (C=O) groups is 2. The number of ether oxygens (including phenoxy) is 1. The van der Waals surface area contributed by atoms with Crippen molar-refractivity contribution >= 4 is 11.9 Å². The highest BCUT2D eigenvalue weighted by Crippen LogP contribution is 2.31. The molecule has 2 aromatic rings. The van der Waals surface area contributed by atoms with Crippen molar-refractivity contribution in [2.75, 3.05) is 7.11 Å². The van der Waals surface area contributed by atoms with E-state index in [0.29, 0.717) is 11.1 Å². The molecule has 20 heavy (non-hydrogen) atoms. The summed E-state index contributed by atoms with van der Waals surface area (Å²) in [7, 11) is 1.24. The van der Waals surface area contributed by atoms with Gasteiger partial charge in [-0.15, -0.1) is 0 Å². The fourth-order valence-electron chi connectivity index (χ4n) is 1.88. The highest BCUT2D eigenvalue weighted by Gasteiger charge is 2.21. The van der Waals surface area contributed by atoms with Crippen LogP contribution >= 0.6 is 0 Å². The zero-order valence-electron chi connectivity index (χ0n) is 10.5. The maximum absolute atomic E-state index is 11.3. The molecule has 0 fully saturated rings. The van der Waals surface area contributed by atoms with Gasteiger partial charge in [-0.2, -0.15) is 0 Å². The summed E-state index contributed by atoms with van der Waals surface area (Å²) in [5, 5.41) is 18.4. The molecule has 0 amide bonds. The number of rotatable bonds is 4. The number of pyridine rings is 1. The van der Waals surface area contributed by atoms with Crippen molar-refractivity contribution in [1.29, 1.82) is 0 Å². The molecule has 0 bridgehead atoms. The Balaban J connectivity index is 2.73. The van der Waals surface area contributed by atoms with Crippen LogP contribution in [0, 0.1) is 0 Å². The molecule has 1 aromatic heterocycles.